The fraction of sp³-hybridized carbons (Fsp3) is 0.375. The van der Waals surface area contributed by atoms with Crippen molar-refractivity contribution in [3.05, 3.63) is 46.3 Å². The number of rotatable bonds is 3. The summed E-state index contributed by atoms with van der Waals surface area (Å²) in [6.07, 6.45) is 0.567. The van der Waals surface area contributed by atoms with Crippen molar-refractivity contribution < 1.29 is 14.1 Å². The molecule has 4 nitrogen and oxygen atoms in total. The number of ketones is 1. The van der Waals surface area contributed by atoms with Crippen LogP contribution >= 0.6 is 0 Å². The first-order valence-corrected chi connectivity index (χ1v) is 6.78. The minimum atomic E-state index is 0.167. The molecule has 0 spiro atoms. The van der Waals surface area contributed by atoms with Crippen LogP contribution in [0.3, 0.4) is 0 Å². The summed E-state index contributed by atoms with van der Waals surface area (Å²) in [5, 5.41) is 3.82. The number of aryl methyl sites for hydroxylation is 2. The second kappa shape index (κ2) is 4.78. The number of carbonyl (C=O) groups is 1. The minimum Gasteiger partial charge on any atom is -0.485 e. The highest BCUT2D eigenvalue weighted by atomic mass is 16.5. The van der Waals surface area contributed by atoms with E-state index >= 15 is 0 Å². The molecule has 1 aliphatic rings. The summed E-state index contributed by atoms with van der Waals surface area (Å²) in [6, 6.07) is 5.71. The standard InChI is InChI=1S/C16H17NO3/c1-9-4-5-14(16-13(18)6-10(2)15(9)16)19-8-12-7-11(3)17-20-12/h4-5,7,10H,6,8H2,1-3H3/t10-/m0/s1. The van der Waals surface area contributed by atoms with Crippen LogP contribution < -0.4 is 4.74 Å². The molecule has 3 rings (SSSR count). The SMILES string of the molecule is Cc1cc(COc2ccc(C)c3c2C(=O)C[C@@H]3C)on1. The molecule has 0 aliphatic heterocycles. The Bertz CT molecular complexity index is 672. The molecule has 1 atom stereocenters. The molecule has 0 saturated heterocycles. The highest BCUT2D eigenvalue weighted by Crippen LogP contribution is 2.40. The maximum absolute atomic E-state index is 12.1. The Balaban J connectivity index is 1.89. The van der Waals surface area contributed by atoms with Crippen LogP contribution in [0.5, 0.6) is 5.75 Å². The zero-order valence-corrected chi connectivity index (χ0v) is 11.9. The van der Waals surface area contributed by atoms with E-state index in [4.69, 9.17) is 9.26 Å². The molecule has 0 unspecified atom stereocenters. The van der Waals surface area contributed by atoms with Gasteiger partial charge in [0.15, 0.2) is 11.5 Å². The van der Waals surface area contributed by atoms with Gasteiger partial charge >= 0.3 is 0 Å². The van der Waals surface area contributed by atoms with Crippen LogP contribution in [0.2, 0.25) is 0 Å². The van der Waals surface area contributed by atoms with Crippen molar-refractivity contribution in [2.75, 3.05) is 0 Å². The summed E-state index contributed by atoms with van der Waals surface area (Å²) in [4.78, 5) is 12.1. The van der Waals surface area contributed by atoms with Crippen molar-refractivity contribution in [1.82, 2.24) is 5.16 Å². The number of carbonyl (C=O) groups excluding carboxylic acids is 1. The van der Waals surface area contributed by atoms with E-state index in [1.54, 1.807) is 0 Å². The lowest BCUT2D eigenvalue weighted by molar-refractivity contribution is 0.0986. The molecule has 104 valence electrons. The lowest BCUT2D eigenvalue weighted by atomic mass is 9.97. The highest BCUT2D eigenvalue weighted by Gasteiger charge is 2.31. The summed E-state index contributed by atoms with van der Waals surface area (Å²) in [7, 11) is 0. The number of benzene rings is 1. The van der Waals surface area contributed by atoms with Gasteiger partial charge in [0.05, 0.1) is 11.3 Å². The molecule has 0 saturated carbocycles. The van der Waals surface area contributed by atoms with Crippen LogP contribution in [-0.4, -0.2) is 10.9 Å². The van der Waals surface area contributed by atoms with E-state index < -0.39 is 0 Å². The average molecular weight is 271 g/mol. The lowest BCUT2D eigenvalue weighted by Gasteiger charge is -2.12. The van der Waals surface area contributed by atoms with Crippen LogP contribution in [0.1, 0.15) is 52.2 Å². The van der Waals surface area contributed by atoms with Gasteiger partial charge in [0, 0.05) is 12.5 Å². The summed E-state index contributed by atoms with van der Waals surface area (Å²) < 4.78 is 10.9. The van der Waals surface area contributed by atoms with Gasteiger partial charge in [0.1, 0.15) is 12.4 Å². The van der Waals surface area contributed by atoms with E-state index in [0.29, 0.717) is 17.9 Å². The van der Waals surface area contributed by atoms with Crippen LogP contribution in [0.15, 0.2) is 22.7 Å². The number of fused-ring (bicyclic) bond motifs is 1. The van der Waals surface area contributed by atoms with Gasteiger partial charge in [-0.25, -0.2) is 0 Å². The number of hydrogen-bond acceptors (Lipinski definition) is 4. The molecule has 1 aromatic heterocycles. The van der Waals surface area contributed by atoms with Crippen molar-refractivity contribution in [2.24, 2.45) is 0 Å². The Morgan fingerprint density at radius 2 is 2.20 bits per heavy atom. The second-order valence-corrected chi connectivity index (χ2v) is 5.42. The van der Waals surface area contributed by atoms with Gasteiger partial charge in [0.2, 0.25) is 0 Å². The Morgan fingerprint density at radius 1 is 1.40 bits per heavy atom. The molecule has 0 fully saturated rings. The van der Waals surface area contributed by atoms with Crippen LogP contribution in [-0.2, 0) is 6.61 Å². The topological polar surface area (TPSA) is 52.3 Å². The van der Waals surface area contributed by atoms with E-state index in [1.807, 2.05) is 32.0 Å². The molecule has 1 heterocycles. The largest absolute Gasteiger partial charge is 0.485 e. The van der Waals surface area contributed by atoms with Crippen molar-refractivity contribution in [3.8, 4) is 5.75 Å². The maximum Gasteiger partial charge on any atom is 0.174 e. The minimum absolute atomic E-state index is 0.167. The zero-order valence-electron chi connectivity index (χ0n) is 11.9. The molecular formula is C16H17NO3. The Hall–Kier alpha value is -2.10. The number of nitrogens with zero attached hydrogens (tertiary/aromatic N) is 1. The van der Waals surface area contributed by atoms with Gasteiger partial charge in [-0.2, -0.15) is 0 Å². The molecule has 0 bridgehead atoms. The summed E-state index contributed by atoms with van der Waals surface area (Å²) in [6.45, 7) is 6.28. The molecule has 20 heavy (non-hydrogen) atoms. The van der Waals surface area contributed by atoms with Crippen LogP contribution in [0.4, 0.5) is 0 Å². The van der Waals surface area contributed by atoms with Gasteiger partial charge in [-0.15, -0.1) is 0 Å². The van der Waals surface area contributed by atoms with Gasteiger partial charge in [-0.3, -0.25) is 4.79 Å². The predicted octanol–water partition coefficient (Wildman–Crippen LogP) is 3.56. The molecule has 1 aliphatic carbocycles. The third-order valence-corrected chi connectivity index (χ3v) is 3.74. The third-order valence-electron chi connectivity index (χ3n) is 3.74. The van der Waals surface area contributed by atoms with Crippen LogP contribution in [0, 0.1) is 13.8 Å². The number of aromatic nitrogens is 1. The lowest BCUT2D eigenvalue weighted by Crippen LogP contribution is -2.02. The summed E-state index contributed by atoms with van der Waals surface area (Å²) in [5.74, 6) is 1.75. The monoisotopic (exact) mass is 271 g/mol. The van der Waals surface area contributed by atoms with Crippen molar-refractivity contribution in [2.45, 2.75) is 39.7 Å². The first-order valence-electron chi connectivity index (χ1n) is 6.78. The molecule has 1 aromatic carbocycles. The highest BCUT2D eigenvalue weighted by molar-refractivity contribution is 6.04. The zero-order chi connectivity index (χ0) is 14.3. The van der Waals surface area contributed by atoms with Crippen molar-refractivity contribution in [1.29, 1.82) is 0 Å². The molecule has 0 N–H and O–H groups in total. The van der Waals surface area contributed by atoms with Gasteiger partial charge in [0.25, 0.3) is 0 Å². The smallest absolute Gasteiger partial charge is 0.174 e. The summed E-state index contributed by atoms with van der Waals surface area (Å²) in [5.41, 5.74) is 3.85. The first kappa shape index (κ1) is 12.9. The molecule has 4 heteroatoms. The summed E-state index contributed by atoms with van der Waals surface area (Å²) >= 11 is 0. The predicted molar refractivity (Wildman–Crippen MR) is 74.1 cm³/mol. The molecule has 2 aromatic rings. The Labute approximate surface area is 117 Å². The number of ether oxygens (including phenoxy) is 1. The molecular weight excluding hydrogens is 254 g/mol. The fourth-order valence-corrected chi connectivity index (χ4v) is 2.86. The van der Waals surface area contributed by atoms with Gasteiger partial charge in [-0.1, -0.05) is 18.1 Å². The molecule has 0 amide bonds. The fourth-order valence-electron chi connectivity index (χ4n) is 2.86. The van der Waals surface area contributed by atoms with E-state index in [9.17, 15) is 4.79 Å². The average Bonchev–Trinajstić information content (AvgIpc) is 2.94. The van der Waals surface area contributed by atoms with E-state index in [0.717, 1.165) is 22.4 Å². The number of hydrogen-bond donors (Lipinski definition) is 0. The first-order chi connectivity index (χ1) is 9.56. The maximum atomic E-state index is 12.1. The quantitative estimate of drug-likeness (QED) is 0.856. The van der Waals surface area contributed by atoms with Crippen LogP contribution in [0.25, 0.3) is 0 Å². The van der Waals surface area contributed by atoms with Gasteiger partial charge in [-0.05, 0) is 37.0 Å². The number of Topliss-reactive ketones (excluding diaryl/α,β-unsaturated/α-hetero) is 1. The normalized spacial score (nSPS) is 17.4. The van der Waals surface area contributed by atoms with Crippen molar-refractivity contribution >= 4 is 5.78 Å². The third kappa shape index (κ3) is 2.11. The van der Waals surface area contributed by atoms with E-state index in [2.05, 4.69) is 12.1 Å². The Kier molecular flexibility index (Phi) is 3.08. The van der Waals surface area contributed by atoms with E-state index in [1.165, 1.54) is 0 Å². The Morgan fingerprint density at radius 3 is 2.90 bits per heavy atom. The van der Waals surface area contributed by atoms with Gasteiger partial charge < -0.3 is 9.26 Å². The van der Waals surface area contributed by atoms with Crippen molar-refractivity contribution in [3.63, 3.8) is 0 Å². The molecule has 0 radical (unpaired) electrons. The van der Waals surface area contributed by atoms with E-state index in [-0.39, 0.29) is 18.3 Å². The second-order valence-electron chi connectivity index (χ2n) is 5.42.